The number of hydrogen-bond acceptors (Lipinski definition) is 5. The maximum Gasteiger partial charge on any atom is 0.276 e. The molecule has 1 fully saturated rings. The molecule has 2 aromatic carbocycles. The Bertz CT molecular complexity index is 1350. The Labute approximate surface area is 203 Å². The van der Waals surface area contributed by atoms with E-state index in [0.29, 0.717) is 19.4 Å². The summed E-state index contributed by atoms with van der Waals surface area (Å²) < 4.78 is 3.59. The molecular formula is C27H30N4O2S. The van der Waals surface area contributed by atoms with Crippen molar-refractivity contribution in [3.8, 4) is 0 Å². The van der Waals surface area contributed by atoms with Gasteiger partial charge in [0, 0.05) is 48.7 Å². The number of rotatable bonds is 7. The van der Waals surface area contributed by atoms with E-state index >= 15 is 0 Å². The van der Waals surface area contributed by atoms with E-state index < -0.39 is 0 Å². The molecule has 6 nitrogen and oxygen atoms in total. The molecule has 3 heterocycles. The number of carbonyl (C=O) groups is 1. The summed E-state index contributed by atoms with van der Waals surface area (Å²) in [5, 5.41) is 9.46. The predicted octanol–water partition coefficient (Wildman–Crippen LogP) is 4.48. The molecule has 1 saturated heterocycles. The highest BCUT2D eigenvalue weighted by Gasteiger charge is 2.21. The van der Waals surface area contributed by atoms with E-state index in [2.05, 4.69) is 39.6 Å². The fourth-order valence-corrected chi connectivity index (χ4v) is 5.97. The summed E-state index contributed by atoms with van der Waals surface area (Å²) in [6.07, 6.45) is 2.94. The van der Waals surface area contributed by atoms with E-state index in [-0.39, 0.29) is 17.5 Å². The van der Waals surface area contributed by atoms with Crippen LogP contribution in [0.5, 0.6) is 0 Å². The van der Waals surface area contributed by atoms with Gasteiger partial charge in [0.1, 0.15) is 0 Å². The van der Waals surface area contributed by atoms with Gasteiger partial charge in [-0.3, -0.25) is 14.5 Å². The van der Waals surface area contributed by atoms with Crippen LogP contribution < -0.4 is 10.9 Å². The summed E-state index contributed by atoms with van der Waals surface area (Å²) in [5.74, 6) is 0.0633. The molecule has 1 aliphatic rings. The number of benzene rings is 2. The predicted molar refractivity (Wildman–Crippen MR) is 138 cm³/mol. The Morgan fingerprint density at radius 3 is 2.62 bits per heavy atom. The first-order chi connectivity index (χ1) is 16.6. The van der Waals surface area contributed by atoms with Crippen LogP contribution in [0.1, 0.15) is 36.9 Å². The molecule has 0 aliphatic carbocycles. The Hall–Kier alpha value is -3.03. The highest BCUT2D eigenvalue weighted by Crippen LogP contribution is 2.32. The van der Waals surface area contributed by atoms with Gasteiger partial charge in [-0.05, 0) is 37.8 Å². The van der Waals surface area contributed by atoms with Crippen molar-refractivity contribution in [1.82, 2.24) is 20.0 Å². The molecule has 176 valence electrons. The second-order valence-electron chi connectivity index (χ2n) is 9.12. The number of likely N-dealkylation sites (tertiary alicyclic amines) is 1. The van der Waals surface area contributed by atoms with Crippen molar-refractivity contribution in [2.45, 2.75) is 51.7 Å². The number of nitrogens with one attached hydrogen (secondary N) is 1. The van der Waals surface area contributed by atoms with E-state index in [1.54, 1.807) is 11.3 Å². The van der Waals surface area contributed by atoms with Gasteiger partial charge >= 0.3 is 0 Å². The number of nitrogens with zero attached hydrogens (tertiary/aromatic N) is 3. The zero-order valence-corrected chi connectivity index (χ0v) is 20.3. The van der Waals surface area contributed by atoms with Crippen molar-refractivity contribution in [2.24, 2.45) is 0 Å². The van der Waals surface area contributed by atoms with Gasteiger partial charge < -0.3 is 5.32 Å². The van der Waals surface area contributed by atoms with Gasteiger partial charge in [0.25, 0.3) is 5.56 Å². The summed E-state index contributed by atoms with van der Waals surface area (Å²) in [5.41, 5.74) is 2.13. The zero-order chi connectivity index (χ0) is 23.5. The Morgan fingerprint density at radius 1 is 1.09 bits per heavy atom. The van der Waals surface area contributed by atoms with Crippen LogP contribution in [0.4, 0.5) is 0 Å². The van der Waals surface area contributed by atoms with Gasteiger partial charge in [-0.1, -0.05) is 48.5 Å². The molecule has 0 spiro atoms. The molecule has 0 saturated carbocycles. The number of aromatic nitrogens is 2. The molecule has 4 aromatic rings. The minimum Gasteiger partial charge on any atom is -0.353 e. The Morgan fingerprint density at radius 2 is 1.82 bits per heavy atom. The summed E-state index contributed by atoms with van der Waals surface area (Å²) in [6.45, 7) is 5.35. The fraction of sp³-hybridized carbons (Fsp3) is 0.370. The van der Waals surface area contributed by atoms with Crippen LogP contribution in [-0.4, -0.2) is 39.7 Å². The van der Waals surface area contributed by atoms with Crippen molar-refractivity contribution < 1.29 is 4.79 Å². The normalized spacial score (nSPS) is 15.2. The first-order valence-electron chi connectivity index (χ1n) is 12.0. The van der Waals surface area contributed by atoms with Gasteiger partial charge in [-0.15, -0.1) is 11.3 Å². The van der Waals surface area contributed by atoms with Crippen LogP contribution in [0.25, 0.3) is 20.2 Å². The van der Waals surface area contributed by atoms with Gasteiger partial charge in [0.05, 0.1) is 15.8 Å². The highest BCUT2D eigenvalue weighted by molar-refractivity contribution is 7.26. The second-order valence-corrected chi connectivity index (χ2v) is 10.2. The van der Waals surface area contributed by atoms with Crippen LogP contribution in [0.3, 0.4) is 0 Å². The van der Waals surface area contributed by atoms with Gasteiger partial charge in [-0.2, -0.15) is 5.10 Å². The molecule has 1 amide bonds. The topological polar surface area (TPSA) is 67.2 Å². The summed E-state index contributed by atoms with van der Waals surface area (Å²) in [6, 6.07) is 18.7. The van der Waals surface area contributed by atoms with Crippen molar-refractivity contribution in [2.75, 3.05) is 13.1 Å². The van der Waals surface area contributed by atoms with Crippen molar-refractivity contribution in [1.29, 1.82) is 0 Å². The monoisotopic (exact) mass is 474 g/mol. The molecule has 2 aromatic heterocycles. The third kappa shape index (κ3) is 4.91. The van der Waals surface area contributed by atoms with Crippen LogP contribution in [0.2, 0.25) is 0 Å². The van der Waals surface area contributed by atoms with E-state index in [1.165, 1.54) is 10.2 Å². The smallest absolute Gasteiger partial charge is 0.276 e. The number of amides is 1. The standard InChI is InChI=1S/C27H30N4O2S/c1-19-26-25(22-10-5-6-11-23(22)34-26)27(33)31(29-19)15-7-12-24(32)28-21-13-16-30(17-14-21)18-20-8-3-2-4-9-20/h2-6,8-11,21H,7,12-18H2,1H3,(H,28,32). The highest BCUT2D eigenvalue weighted by atomic mass is 32.1. The fourth-order valence-electron chi connectivity index (χ4n) is 4.83. The largest absolute Gasteiger partial charge is 0.353 e. The average Bonchev–Trinajstić information content (AvgIpc) is 3.25. The molecule has 1 aliphatic heterocycles. The summed E-state index contributed by atoms with van der Waals surface area (Å²) in [7, 11) is 0. The first kappa shape index (κ1) is 22.7. The lowest BCUT2D eigenvalue weighted by atomic mass is 10.0. The van der Waals surface area contributed by atoms with Crippen molar-refractivity contribution in [3.63, 3.8) is 0 Å². The Kier molecular flexibility index (Phi) is 6.74. The molecule has 5 rings (SSSR count). The minimum atomic E-state index is -0.0655. The lowest BCUT2D eigenvalue weighted by Gasteiger charge is -2.32. The van der Waals surface area contributed by atoms with Crippen LogP contribution in [0.15, 0.2) is 59.4 Å². The van der Waals surface area contributed by atoms with Crippen molar-refractivity contribution >= 4 is 37.4 Å². The second kappa shape index (κ2) is 10.1. The third-order valence-corrected chi connectivity index (χ3v) is 7.90. The van der Waals surface area contributed by atoms with Crippen LogP contribution in [-0.2, 0) is 17.9 Å². The van der Waals surface area contributed by atoms with E-state index in [4.69, 9.17) is 0 Å². The lowest BCUT2D eigenvalue weighted by molar-refractivity contribution is -0.122. The summed E-state index contributed by atoms with van der Waals surface area (Å²) >= 11 is 1.62. The van der Waals surface area contributed by atoms with Crippen molar-refractivity contribution in [3.05, 3.63) is 76.2 Å². The maximum atomic E-state index is 13.1. The van der Waals surface area contributed by atoms with Gasteiger partial charge in [-0.25, -0.2) is 4.68 Å². The molecule has 0 radical (unpaired) electrons. The molecule has 34 heavy (non-hydrogen) atoms. The molecule has 0 atom stereocenters. The van der Waals surface area contributed by atoms with Gasteiger partial charge in [0.2, 0.25) is 5.91 Å². The quantitative estimate of drug-likeness (QED) is 0.429. The number of carbonyl (C=O) groups excluding carboxylic acids is 1. The number of hydrogen-bond donors (Lipinski definition) is 1. The van der Waals surface area contributed by atoms with E-state index in [9.17, 15) is 9.59 Å². The number of thiophene rings is 1. The molecule has 7 heteroatoms. The number of aryl methyl sites for hydroxylation is 2. The SMILES string of the molecule is Cc1nn(CCCC(=O)NC2CCN(Cc3ccccc3)CC2)c(=O)c2c1sc1ccccc12. The van der Waals surface area contributed by atoms with E-state index in [0.717, 1.165) is 58.3 Å². The van der Waals surface area contributed by atoms with E-state index in [1.807, 2.05) is 37.3 Å². The Balaban J connectivity index is 1.13. The lowest BCUT2D eigenvalue weighted by Crippen LogP contribution is -2.44. The molecule has 1 N–H and O–H groups in total. The first-order valence-corrected chi connectivity index (χ1v) is 12.8. The number of fused-ring (bicyclic) bond motifs is 3. The zero-order valence-electron chi connectivity index (χ0n) is 19.5. The molecular weight excluding hydrogens is 444 g/mol. The van der Waals surface area contributed by atoms with Crippen LogP contribution in [0, 0.1) is 6.92 Å². The number of piperidine rings is 1. The van der Waals surface area contributed by atoms with Gasteiger partial charge in [0.15, 0.2) is 0 Å². The molecule has 0 bridgehead atoms. The minimum absolute atomic E-state index is 0.0633. The average molecular weight is 475 g/mol. The maximum absolute atomic E-state index is 13.1. The third-order valence-electron chi connectivity index (χ3n) is 6.62. The molecule has 0 unspecified atom stereocenters. The van der Waals surface area contributed by atoms with Crippen LogP contribution >= 0.6 is 11.3 Å². The summed E-state index contributed by atoms with van der Waals surface area (Å²) in [4.78, 5) is 28.1.